The number of nitrogens with zero attached hydrogens (tertiary/aromatic N) is 3. The number of fused-ring (bicyclic) bond motifs is 1. The molecule has 1 fully saturated rings. The Kier molecular flexibility index (Phi) is 7.82. The van der Waals surface area contributed by atoms with Gasteiger partial charge >= 0.3 is 0 Å². The Morgan fingerprint density at radius 2 is 1.90 bits per heavy atom. The minimum atomic E-state index is -0.282. The number of allylic oxidation sites excluding steroid dienone is 3. The number of benzene rings is 1. The van der Waals surface area contributed by atoms with Gasteiger partial charge in [0.2, 0.25) is 0 Å². The molecule has 0 bridgehead atoms. The Hall–Kier alpha value is -4.78. The van der Waals surface area contributed by atoms with E-state index in [0.717, 1.165) is 78.8 Å². The van der Waals surface area contributed by atoms with Crippen LogP contribution in [0.15, 0.2) is 79.5 Å². The molecule has 1 aliphatic rings. The summed E-state index contributed by atoms with van der Waals surface area (Å²) in [5.74, 6) is 0.453. The van der Waals surface area contributed by atoms with Crippen LogP contribution < -0.4 is 15.9 Å². The van der Waals surface area contributed by atoms with Crippen molar-refractivity contribution >= 4 is 34.8 Å². The van der Waals surface area contributed by atoms with Gasteiger partial charge in [-0.15, -0.1) is 0 Å². The quantitative estimate of drug-likeness (QED) is 0.186. The molecular weight excluding hydrogens is 523 g/mol. The summed E-state index contributed by atoms with van der Waals surface area (Å²) in [7, 11) is 0. The van der Waals surface area contributed by atoms with Gasteiger partial charge in [-0.1, -0.05) is 63.5 Å². The van der Waals surface area contributed by atoms with Crippen LogP contribution in [-0.4, -0.2) is 25.1 Å². The van der Waals surface area contributed by atoms with Crippen molar-refractivity contribution in [2.75, 3.05) is 5.32 Å². The van der Waals surface area contributed by atoms with Crippen LogP contribution in [0.2, 0.25) is 0 Å². The fraction of sp³-hybridized carbons (Fsp3) is 0.229. The predicted octanol–water partition coefficient (Wildman–Crippen LogP) is 7.34. The Bertz CT molecular complexity index is 1890. The summed E-state index contributed by atoms with van der Waals surface area (Å²) < 4.78 is 13.9. The Morgan fingerprint density at radius 1 is 1.07 bits per heavy atom. The highest BCUT2D eigenvalue weighted by atomic mass is 19.1. The van der Waals surface area contributed by atoms with E-state index in [4.69, 9.17) is 0 Å². The van der Waals surface area contributed by atoms with Crippen molar-refractivity contribution in [1.29, 1.82) is 0 Å². The topological polar surface area (TPSA) is 82.3 Å². The number of hydrogen-bond donors (Lipinski definition) is 3. The van der Waals surface area contributed by atoms with Crippen LogP contribution in [0.3, 0.4) is 0 Å². The zero-order valence-electron chi connectivity index (χ0n) is 23.9. The number of aromatic amines is 2. The Labute approximate surface area is 244 Å². The van der Waals surface area contributed by atoms with Gasteiger partial charge in [0, 0.05) is 34.3 Å². The molecule has 0 unspecified atom stereocenters. The molecule has 0 radical (unpaired) electrons. The second-order valence-corrected chi connectivity index (χ2v) is 11.2. The van der Waals surface area contributed by atoms with Gasteiger partial charge in [0.15, 0.2) is 0 Å². The van der Waals surface area contributed by atoms with Gasteiger partial charge in [-0.2, -0.15) is 5.10 Å². The Balaban J connectivity index is 1.22. The maximum atomic E-state index is 13.9. The lowest BCUT2D eigenvalue weighted by Crippen LogP contribution is -2.21. The summed E-state index contributed by atoms with van der Waals surface area (Å²) >= 11 is 0. The monoisotopic (exact) mass is 558 g/mol. The van der Waals surface area contributed by atoms with Crippen LogP contribution in [0.4, 0.5) is 10.1 Å². The Morgan fingerprint density at radius 3 is 2.74 bits per heavy atom. The fourth-order valence-electron chi connectivity index (χ4n) is 5.83. The maximum absolute atomic E-state index is 13.9. The number of H-pyrrole nitrogens is 2. The minimum absolute atomic E-state index is 0.282. The molecule has 7 heteroatoms. The van der Waals surface area contributed by atoms with Gasteiger partial charge in [-0.25, -0.2) is 4.39 Å². The predicted molar refractivity (Wildman–Crippen MR) is 170 cm³/mol. The lowest BCUT2D eigenvalue weighted by molar-refractivity contribution is 0.357. The van der Waals surface area contributed by atoms with Gasteiger partial charge in [0.05, 0.1) is 34.6 Å². The number of rotatable bonds is 8. The molecular formula is C35H35FN6. The molecule has 0 amide bonds. The largest absolute Gasteiger partial charge is 0.358 e. The van der Waals surface area contributed by atoms with Gasteiger partial charge in [-0.05, 0) is 66.3 Å². The third-order valence-electron chi connectivity index (χ3n) is 8.11. The van der Waals surface area contributed by atoms with E-state index in [1.807, 2.05) is 36.7 Å². The molecule has 1 aromatic carbocycles. The average molecular weight is 559 g/mol. The number of anilines is 1. The minimum Gasteiger partial charge on any atom is -0.358 e. The number of halogens is 1. The van der Waals surface area contributed by atoms with Gasteiger partial charge in [0.1, 0.15) is 11.5 Å². The molecule has 4 aromatic heterocycles. The molecule has 5 aromatic rings. The van der Waals surface area contributed by atoms with E-state index in [1.54, 1.807) is 18.5 Å². The summed E-state index contributed by atoms with van der Waals surface area (Å²) in [5.41, 5.74) is 8.10. The normalized spacial score (nSPS) is 14.9. The maximum Gasteiger partial charge on any atom is 0.123 e. The standard InChI is InChI=1S/C35H35FN6/c1-22(27-16-29(19-37-18-27)39-23(2)14-25-8-5-4-6-9-25)12-13-32-24(3)35(42-41-32)33-17-30-31(20-38-21-34(30)40-33)26-10-7-11-28(36)15-26/h7,10-13,15-21,25,39-41H,2-6,8-9,14H2,1H3/b22-12+,32-13+. The van der Waals surface area contributed by atoms with Crippen LogP contribution in [0.1, 0.15) is 51.0 Å². The van der Waals surface area contributed by atoms with Crippen LogP contribution in [-0.2, 0) is 0 Å². The molecule has 212 valence electrons. The number of nitrogens with one attached hydrogen (secondary N) is 3. The van der Waals surface area contributed by atoms with Gasteiger partial charge in [-0.3, -0.25) is 15.1 Å². The van der Waals surface area contributed by atoms with Crippen molar-refractivity contribution in [2.45, 2.75) is 45.4 Å². The highest BCUT2D eigenvalue weighted by Gasteiger charge is 2.15. The second-order valence-electron chi connectivity index (χ2n) is 11.2. The van der Waals surface area contributed by atoms with E-state index in [0.29, 0.717) is 0 Å². The van der Waals surface area contributed by atoms with Gasteiger partial charge in [0.25, 0.3) is 0 Å². The zero-order chi connectivity index (χ0) is 29.1. The molecule has 6 nitrogen and oxygen atoms in total. The second kappa shape index (κ2) is 12.0. The van der Waals surface area contributed by atoms with E-state index >= 15 is 0 Å². The smallest absolute Gasteiger partial charge is 0.123 e. The van der Waals surface area contributed by atoms with Crippen molar-refractivity contribution in [3.05, 3.63) is 101 Å². The van der Waals surface area contributed by atoms with Crippen molar-refractivity contribution in [3.8, 4) is 22.5 Å². The molecule has 0 spiro atoms. The third kappa shape index (κ3) is 5.96. The number of hydrogen-bond acceptors (Lipinski definition) is 4. The lowest BCUT2D eigenvalue weighted by atomic mass is 9.86. The summed E-state index contributed by atoms with van der Waals surface area (Å²) in [5, 5.41) is 13.7. The van der Waals surface area contributed by atoms with E-state index in [1.165, 1.54) is 44.2 Å². The van der Waals surface area contributed by atoms with Crippen molar-refractivity contribution in [3.63, 3.8) is 0 Å². The molecule has 3 N–H and O–H groups in total. The summed E-state index contributed by atoms with van der Waals surface area (Å²) in [6.45, 7) is 10.6. The summed E-state index contributed by atoms with van der Waals surface area (Å²) in [6, 6.07) is 10.7. The first-order valence-corrected chi connectivity index (χ1v) is 14.5. The first-order chi connectivity index (χ1) is 20.4. The van der Waals surface area contributed by atoms with E-state index < -0.39 is 0 Å². The SMILES string of the molecule is C=C(CC1CCCCC1)Nc1cncc(/C(C)=C/C=c2/[nH]nc(-c3cc4c(-c5cccc(F)c5)cncc4[nH]3)c2=C)c1. The third-order valence-corrected chi connectivity index (χ3v) is 8.11. The highest BCUT2D eigenvalue weighted by Crippen LogP contribution is 2.31. The highest BCUT2D eigenvalue weighted by molar-refractivity contribution is 5.97. The van der Waals surface area contributed by atoms with Crippen molar-refractivity contribution in [2.24, 2.45) is 5.92 Å². The molecule has 0 saturated heterocycles. The van der Waals surface area contributed by atoms with Crippen LogP contribution >= 0.6 is 0 Å². The number of pyridine rings is 2. The summed E-state index contributed by atoms with van der Waals surface area (Å²) in [6.07, 6.45) is 18.9. The first-order valence-electron chi connectivity index (χ1n) is 14.5. The lowest BCUT2D eigenvalue weighted by Gasteiger charge is -2.22. The van der Waals surface area contributed by atoms with E-state index in [9.17, 15) is 4.39 Å². The first kappa shape index (κ1) is 27.4. The molecule has 1 saturated carbocycles. The molecule has 1 aliphatic carbocycles. The molecule has 0 aliphatic heterocycles. The fourth-order valence-corrected chi connectivity index (χ4v) is 5.83. The molecule has 0 atom stereocenters. The van der Waals surface area contributed by atoms with Crippen molar-refractivity contribution in [1.82, 2.24) is 25.1 Å². The molecule has 4 heterocycles. The van der Waals surface area contributed by atoms with Crippen LogP contribution in [0, 0.1) is 11.7 Å². The molecule has 42 heavy (non-hydrogen) atoms. The van der Waals surface area contributed by atoms with E-state index in [-0.39, 0.29) is 5.82 Å². The van der Waals surface area contributed by atoms with Gasteiger partial charge < -0.3 is 10.3 Å². The summed E-state index contributed by atoms with van der Waals surface area (Å²) in [4.78, 5) is 12.2. The average Bonchev–Trinajstić information content (AvgIpc) is 3.59. The molecule has 6 rings (SSSR count). The van der Waals surface area contributed by atoms with E-state index in [2.05, 4.69) is 56.6 Å². The number of aromatic nitrogens is 5. The van der Waals surface area contributed by atoms with Crippen LogP contribution in [0.5, 0.6) is 0 Å². The zero-order valence-corrected chi connectivity index (χ0v) is 23.9. The van der Waals surface area contributed by atoms with Crippen LogP contribution in [0.25, 0.3) is 51.6 Å². The van der Waals surface area contributed by atoms with Crippen molar-refractivity contribution < 1.29 is 4.39 Å².